The third kappa shape index (κ3) is 2.69. The molecule has 1 aliphatic rings. The maximum Gasteiger partial charge on any atom is 0.0437 e. The molecule has 0 amide bonds. The number of para-hydroxylation sites is 1. The van der Waals surface area contributed by atoms with Gasteiger partial charge in [-0.1, -0.05) is 38.5 Å². The summed E-state index contributed by atoms with van der Waals surface area (Å²) in [6.45, 7) is 6.52. The van der Waals surface area contributed by atoms with Gasteiger partial charge < -0.3 is 10.6 Å². The molecule has 2 nitrogen and oxygen atoms in total. The molecule has 2 unspecified atom stereocenters. The molecule has 0 aromatic heterocycles. The van der Waals surface area contributed by atoms with Crippen LogP contribution in [0.2, 0.25) is 0 Å². The molecule has 2 heteroatoms. The van der Waals surface area contributed by atoms with Gasteiger partial charge in [0.05, 0.1) is 0 Å². The van der Waals surface area contributed by atoms with Gasteiger partial charge in [0.1, 0.15) is 0 Å². The van der Waals surface area contributed by atoms with Crippen molar-refractivity contribution in [2.45, 2.75) is 45.6 Å². The molecule has 1 aliphatic heterocycles. The molecule has 2 N–H and O–H groups in total. The molecule has 1 aromatic carbocycles. The first-order chi connectivity index (χ1) is 8.77. The lowest BCUT2D eigenvalue weighted by Crippen LogP contribution is -2.47. The van der Waals surface area contributed by atoms with E-state index in [1.165, 1.54) is 36.9 Å². The Morgan fingerprint density at radius 2 is 2.11 bits per heavy atom. The van der Waals surface area contributed by atoms with Crippen LogP contribution >= 0.6 is 0 Å². The van der Waals surface area contributed by atoms with Crippen molar-refractivity contribution < 1.29 is 0 Å². The Morgan fingerprint density at radius 1 is 1.33 bits per heavy atom. The summed E-state index contributed by atoms with van der Waals surface area (Å²) in [4.78, 5) is 2.55. The van der Waals surface area contributed by atoms with Gasteiger partial charge in [-0.05, 0) is 36.8 Å². The van der Waals surface area contributed by atoms with Crippen molar-refractivity contribution in [2.75, 3.05) is 18.0 Å². The summed E-state index contributed by atoms with van der Waals surface area (Å²) < 4.78 is 0. The Balaban J connectivity index is 2.22. The van der Waals surface area contributed by atoms with Crippen LogP contribution in [0.4, 0.5) is 5.69 Å². The summed E-state index contributed by atoms with van der Waals surface area (Å²) in [7, 11) is 0. The van der Waals surface area contributed by atoms with Gasteiger partial charge in [-0.15, -0.1) is 0 Å². The van der Waals surface area contributed by atoms with Crippen LogP contribution in [0.5, 0.6) is 0 Å². The maximum absolute atomic E-state index is 6.05. The van der Waals surface area contributed by atoms with Gasteiger partial charge in [-0.2, -0.15) is 0 Å². The minimum atomic E-state index is 0.492. The molecule has 0 fully saturated rings. The molecule has 0 saturated heterocycles. The topological polar surface area (TPSA) is 29.3 Å². The number of nitrogens with zero attached hydrogens (tertiary/aromatic N) is 1. The van der Waals surface area contributed by atoms with E-state index in [0.717, 1.165) is 13.1 Å². The smallest absolute Gasteiger partial charge is 0.0437 e. The number of rotatable bonds is 5. The second-order valence-corrected chi connectivity index (χ2v) is 5.49. The maximum atomic E-state index is 6.05. The van der Waals surface area contributed by atoms with Gasteiger partial charge in [0.25, 0.3) is 0 Å². The summed E-state index contributed by atoms with van der Waals surface area (Å²) in [5.41, 5.74) is 8.96. The number of fused-ring (bicyclic) bond motifs is 1. The highest BCUT2D eigenvalue weighted by atomic mass is 15.2. The Bertz CT molecular complexity index is 375. The van der Waals surface area contributed by atoms with Crippen LogP contribution in [0.25, 0.3) is 0 Å². The molecule has 2 rings (SSSR count). The SMILES string of the molecule is CCCC(C)C(CN)N1CCCc2ccccc21. The van der Waals surface area contributed by atoms with E-state index in [-0.39, 0.29) is 0 Å². The van der Waals surface area contributed by atoms with E-state index >= 15 is 0 Å². The monoisotopic (exact) mass is 246 g/mol. The molecule has 1 heterocycles. The quantitative estimate of drug-likeness (QED) is 0.864. The first-order valence-corrected chi connectivity index (χ1v) is 7.32. The van der Waals surface area contributed by atoms with Crippen molar-refractivity contribution in [3.63, 3.8) is 0 Å². The number of anilines is 1. The molecular weight excluding hydrogens is 220 g/mol. The number of aryl methyl sites for hydroxylation is 1. The molecule has 0 aliphatic carbocycles. The molecule has 1 aromatic rings. The van der Waals surface area contributed by atoms with Crippen LogP contribution in [0.3, 0.4) is 0 Å². The third-order valence-corrected chi connectivity index (χ3v) is 4.19. The lowest BCUT2D eigenvalue weighted by Gasteiger charge is -2.40. The van der Waals surface area contributed by atoms with Gasteiger partial charge >= 0.3 is 0 Å². The molecule has 0 spiro atoms. The van der Waals surface area contributed by atoms with Crippen LogP contribution < -0.4 is 10.6 Å². The van der Waals surface area contributed by atoms with Crippen LogP contribution in [0, 0.1) is 5.92 Å². The fraction of sp³-hybridized carbons (Fsp3) is 0.625. The van der Waals surface area contributed by atoms with Gasteiger partial charge in [0.2, 0.25) is 0 Å². The molecule has 2 atom stereocenters. The summed E-state index contributed by atoms with van der Waals surface area (Å²) in [5, 5.41) is 0. The Morgan fingerprint density at radius 3 is 2.83 bits per heavy atom. The van der Waals surface area contributed by atoms with Gasteiger partial charge in [0, 0.05) is 24.8 Å². The van der Waals surface area contributed by atoms with Gasteiger partial charge in [-0.25, -0.2) is 0 Å². The van der Waals surface area contributed by atoms with Gasteiger partial charge in [-0.3, -0.25) is 0 Å². The minimum Gasteiger partial charge on any atom is -0.367 e. The zero-order chi connectivity index (χ0) is 13.0. The lowest BCUT2D eigenvalue weighted by atomic mass is 9.92. The zero-order valence-electron chi connectivity index (χ0n) is 11.7. The summed E-state index contributed by atoms with van der Waals surface area (Å²) in [5.74, 6) is 0.672. The van der Waals surface area contributed by atoms with Crippen molar-refractivity contribution >= 4 is 5.69 Å². The zero-order valence-corrected chi connectivity index (χ0v) is 11.7. The molecule has 100 valence electrons. The van der Waals surface area contributed by atoms with Crippen LogP contribution in [-0.4, -0.2) is 19.1 Å². The van der Waals surface area contributed by atoms with E-state index in [4.69, 9.17) is 5.73 Å². The molecule has 0 radical (unpaired) electrons. The van der Waals surface area contributed by atoms with Crippen molar-refractivity contribution in [3.05, 3.63) is 29.8 Å². The first-order valence-electron chi connectivity index (χ1n) is 7.32. The number of nitrogens with two attached hydrogens (primary N) is 1. The fourth-order valence-electron chi connectivity index (χ4n) is 3.22. The minimum absolute atomic E-state index is 0.492. The van der Waals surface area contributed by atoms with Crippen LogP contribution in [0.15, 0.2) is 24.3 Å². The van der Waals surface area contributed by atoms with Crippen molar-refractivity contribution in [3.8, 4) is 0 Å². The molecule has 0 bridgehead atoms. The highest BCUT2D eigenvalue weighted by molar-refractivity contribution is 5.56. The standard InChI is InChI=1S/C16H26N2/c1-3-7-13(2)16(12-17)18-11-6-9-14-8-4-5-10-15(14)18/h4-5,8,10,13,16H,3,6-7,9,11-12,17H2,1-2H3. The average molecular weight is 246 g/mol. The second-order valence-electron chi connectivity index (χ2n) is 5.49. The van der Waals surface area contributed by atoms with Crippen molar-refractivity contribution in [1.29, 1.82) is 0 Å². The fourth-order valence-corrected chi connectivity index (χ4v) is 3.22. The summed E-state index contributed by atoms with van der Waals surface area (Å²) >= 11 is 0. The van der Waals surface area contributed by atoms with Crippen LogP contribution in [-0.2, 0) is 6.42 Å². The van der Waals surface area contributed by atoms with Crippen LogP contribution in [0.1, 0.15) is 38.7 Å². The number of hydrogen-bond donors (Lipinski definition) is 1. The highest BCUT2D eigenvalue weighted by Gasteiger charge is 2.26. The second kappa shape index (κ2) is 6.24. The average Bonchev–Trinajstić information content (AvgIpc) is 2.40. The van der Waals surface area contributed by atoms with Crippen molar-refractivity contribution in [1.82, 2.24) is 0 Å². The van der Waals surface area contributed by atoms with E-state index in [1.807, 2.05) is 0 Å². The first kappa shape index (κ1) is 13.4. The molecule has 0 saturated carbocycles. The largest absolute Gasteiger partial charge is 0.367 e. The van der Waals surface area contributed by atoms with E-state index in [9.17, 15) is 0 Å². The molecular formula is C16H26N2. The molecule has 18 heavy (non-hydrogen) atoms. The van der Waals surface area contributed by atoms with Gasteiger partial charge in [0.15, 0.2) is 0 Å². The highest BCUT2D eigenvalue weighted by Crippen LogP contribution is 2.31. The summed E-state index contributed by atoms with van der Waals surface area (Å²) in [6, 6.07) is 9.31. The predicted molar refractivity (Wildman–Crippen MR) is 79.0 cm³/mol. The Labute approximate surface area is 111 Å². The van der Waals surface area contributed by atoms with E-state index in [0.29, 0.717) is 12.0 Å². The van der Waals surface area contributed by atoms with E-state index in [2.05, 4.69) is 43.0 Å². The summed E-state index contributed by atoms with van der Waals surface area (Å²) in [6.07, 6.45) is 4.98. The number of benzene rings is 1. The Kier molecular flexibility index (Phi) is 4.65. The van der Waals surface area contributed by atoms with Crippen molar-refractivity contribution in [2.24, 2.45) is 11.7 Å². The third-order valence-electron chi connectivity index (χ3n) is 4.19. The number of hydrogen-bond acceptors (Lipinski definition) is 2. The predicted octanol–water partition coefficient (Wildman–Crippen LogP) is 3.20. The lowest BCUT2D eigenvalue weighted by molar-refractivity contribution is 0.395. The van der Waals surface area contributed by atoms with E-state index < -0.39 is 0 Å². The van der Waals surface area contributed by atoms with E-state index in [1.54, 1.807) is 0 Å². The normalized spacial score (nSPS) is 18.3. The Hall–Kier alpha value is -1.02.